The molecule has 4 heterocycles. The maximum absolute atomic E-state index is 12.8. The highest BCUT2D eigenvalue weighted by molar-refractivity contribution is 6.42. The van der Waals surface area contributed by atoms with Crippen molar-refractivity contribution >= 4 is 51.4 Å². The zero-order chi connectivity index (χ0) is 22.4. The Kier molecular flexibility index (Phi) is 5.97. The van der Waals surface area contributed by atoms with Gasteiger partial charge in [0, 0.05) is 44.0 Å². The number of benzene rings is 2. The van der Waals surface area contributed by atoms with Crippen LogP contribution in [0.5, 0.6) is 0 Å². The minimum Gasteiger partial charge on any atom is -0.366 e. The molecule has 3 aliphatic rings. The maximum Gasteiger partial charge on any atom is 0.328 e. The molecule has 2 bridgehead atoms. The van der Waals surface area contributed by atoms with Gasteiger partial charge >= 0.3 is 5.69 Å². The van der Waals surface area contributed by atoms with Crippen molar-refractivity contribution in [1.29, 1.82) is 0 Å². The molecule has 32 heavy (non-hydrogen) atoms. The minimum absolute atomic E-state index is 0.294. The van der Waals surface area contributed by atoms with Gasteiger partial charge in [0.15, 0.2) is 0 Å². The molecule has 0 amide bonds. The fourth-order valence-electron chi connectivity index (χ4n) is 5.05. The second-order valence-electron chi connectivity index (χ2n) is 8.53. The first kappa shape index (κ1) is 21.8. The SMILES string of the molecule is O=c1[nH]c2c(Cl)cccc2c(=O)n1CCCN1CC2CCC1CN2c1ccc(Cl)c(Cl)c1. The van der Waals surface area contributed by atoms with E-state index in [9.17, 15) is 9.59 Å². The topological polar surface area (TPSA) is 61.3 Å². The van der Waals surface area contributed by atoms with Crippen LogP contribution < -0.4 is 16.1 Å². The number of para-hydroxylation sites is 1. The number of nitrogens with one attached hydrogen (secondary N) is 1. The molecule has 0 saturated carbocycles. The van der Waals surface area contributed by atoms with E-state index in [1.54, 1.807) is 18.2 Å². The molecule has 0 radical (unpaired) electrons. The average Bonchev–Trinajstić information content (AvgIpc) is 2.79. The van der Waals surface area contributed by atoms with E-state index in [-0.39, 0.29) is 5.56 Å². The van der Waals surface area contributed by atoms with E-state index in [2.05, 4.69) is 14.8 Å². The summed E-state index contributed by atoms with van der Waals surface area (Å²) in [5, 5.41) is 1.96. The lowest BCUT2D eigenvalue weighted by atomic mass is 9.90. The Morgan fingerprint density at radius 3 is 2.47 bits per heavy atom. The molecule has 3 aliphatic heterocycles. The second kappa shape index (κ2) is 8.75. The lowest BCUT2D eigenvalue weighted by molar-refractivity contribution is 0.0935. The van der Waals surface area contributed by atoms with Crippen molar-refractivity contribution in [2.75, 3.05) is 24.5 Å². The number of anilines is 1. The number of fused-ring (bicyclic) bond motifs is 4. The molecule has 168 valence electrons. The Morgan fingerprint density at radius 1 is 0.906 bits per heavy atom. The number of H-pyrrole nitrogens is 1. The molecular weight excluding hydrogens is 471 g/mol. The number of nitrogens with zero attached hydrogens (tertiary/aromatic N) is 3. The third-order valence-corrected chi connectivity index (χ3v) is 7.73. The lowest BCUT2D eigenvalue weighted by Gasteiger charge is -2.52. The summed E-state index contributed by atoms with van der Waals surface area (Å²) < 4.78 is 1.28. The fourth-order valence-corrected chi connectivity index (χ4v) is 5.56. The van der Waals surface area contributed by atoms with Gasteiger partial charge < -0.3 is 9.88 Å². The van der Waals surface area contributed by atoms with Crippen molar-refractivity contribution in [3.8, 4) is 0 Å². The standard InChI is InChI=1S/C23H23Cl3N4O2/c24-18-8-7-14(11-20(18)26)30-13-15-5-6-16(30)12-28(15)9-2-10-29-22(31)17-3-1-4-19(25)21(17)27-23(29)32/h1,3-4,7-8,11,15-16H,2,5-6,9-10,12-13H2,(H,27,32). The van der Waals surface area contributed by atoms with E-state index < -0.39 is 5.69 Å². The highest BCUT2D eigenvalue weighted by atomic mass is 35.5. The third kappa shape index (κ3) is 3.94. The van der Waals surface area contributed by atoms with Crippen molar-refractivity contribution in [2.45, 2.75) is 37.9 Å². The highest BCUT2D eigenvalue weighted by Crippen LogP contribution is 2.35. The van der Waals surface area contributed by atoms with Gasteiger partial charge in [0.2, 0.25) is 0 Å². The van der Waals surface area contributed by atoms with Gasteiger partial charge in [-0.05, 0) is 49.6 Å². The van der Waals surface area contributed by atoms with Crippen LogP contribution in [0.2, 0.25) is 15.1 Å². The molecule has 2 aromatic carbocycles. The predicted molar refractivity (Wildman–Crippen MR) is 131 cm³/mol. The van der Waals surface area contributed by atoms with Crippen LogP contribution in [0.1, 0.15) is 19.3 Å². The number of piperazine rings is 1. The molecule has 3 fully saturated rings. The molecule has 1 aromatic heterocycles. The van der Waals surface area contributed by atoms with Gasteiger partial charge in [-0.25, -0.2) is 4.79 Å². The molecule has 3 aromatic rings. The largest absolute Gasteiger partial charge is 0.366 e. The summed E-state index contributed by atoms with van der Waals surface area (Å²) in [5.41, 5.74) is 0.802. The summed E-state index contributed by atoms with van der Waals surface area (Å²) in [6, 6.07) is 11.8. The number of piperidine rings is 2. The summed E-state index contributed by atoms with van der Waals surface area (Å²) in [4.78, 5) is 32.9. The van der Waals surface area contributed by atoms with Crippen molar-refractivity contribution in [1.82, 2.24) is 14.5 Å². The van der Waals surface area contributed by atoms with Crippen molar-refractivity contribution in [3.63, 3.8) is 0 Å². The Labute approximate surface area is 200 Å². The number of hydrogen-bond acceptors (Lipinski definition) is 4. The van der Waals surface area contributed by atoms with Crippen LogP contribution in [-0.4, -0.2) is 46.2 Å². The summed E-state index contributed by atoms with van der Waals surface area (Å²) in [6.45, 7) is 3.12. The van der Waals surface area contributed by atoms with E-state index in [0.29, 0.717) is 44.6 Å². The molecule has 0 spiro atoms. The smallest absolute Gasteiger partial charge is 0.328 e. The van der Waals surface area contributed by atoms with E-state index >= 15 is 0 Å². The highest BCUT2D eigenvalue weighted by Gasteiger charge is 2.38. The van der Waals surface area contributed by atoms with Crippen molar-refractivity contribution in [3.05, 3.63) is 72.3 Å². The van der Waals surface area contributed by atoms with Gasteiger partial charge in [0.05, 0.1) is 26.0 Å². The molecule has 6 rings (SSSR count). The molecular formula is C23H23Cl3N4O2. The third-order valence-electron chi connectivity index (χ3n) is 6.67. The second-order valence-corrected chi connectivity index (χ2v) is 9.76. The van der Waals surface area contributed by atoms with Crippen LogP contribution >= 0.6 is 34.8 Å². The van der Waals surface area contributed by atoms with Crippen LogP contribution in [0.4, 0.5) is 5.69 Å². The van der Waals surface area contributed by atoms with Gasteiger partial charge in [0.25, 0.3) is 5.56 Å². The number of halogens is 3. The van der Waals surface area contributed by atoms with Gasteiger partial charge in [-0.1, -0.05) is 40.9 Å². The molecule has 9 heteroatoms. The van der Waals surface area contributed by atoms with Crippen LogP contribution in [-0.2, 0) is 6.54 Å². The Bertz CT molecular complexity index is 1290. The summed E-state index contributed by atoms with van der Waals surface area (Å²) in [7, 11) is 0. The Balaban J connectivity index is 1.26. The van der Waals surface area contributed by atoms with E-state index in [0.717, 1.165) is 44.6 Å². The normalized spacial score (nSPS) is 20.9. The molecule has 1 N–H and O–H groups in total. The van der Waals surface area contributed by atoms with Gasteiger partial charge in [0.1, 0.15) is 0 Å². The molecule has 0 aliphatic carbocycles. The minimum atomic E-state index is -0.415. The molecule has 6 nitrogen and oxygen atoms in total. The number of rotatable bonds is 5. The Hall–Kier alpha value is -1.99. The summed E-state index contributed by atoms with van der Waals surface area (Å²) >= 11 is 18.4. The average molecular weight is 494 g/mol. The van der Waals surface area contributed by atoms with Crippen LogP contribution in [0, 0.1) is 0 Å². The summed E-state index contributed by atoms with van der Waals surface area (Å²) in [6.07, 6.45) is 3.02. The van der Waals surface area contributed by atoms with Crippen molar-refractivity contribution < 1.29 is 0 Å². The number of hydrogen-bond donors (Lipinski definition) is 1. The number of aromatic nitrogens is 2. The predicted octanol–water partition coefficient (Wildman–Crippen LogP) is 4.39. The molecule has 2 atom stereocenters. The summed E-state index contributed by atoms with van der Waals surface area (Å²) in [5.74, 6) is 0. The van der Waals surface area contributed by atoms with Crippen molar-refractivity contribution in [2.24, 2.45) is 0 Å². The maximum atomic E-state index is 12.8. The zero-order valence-corrected chi connectivity index (χ0v) is 19.6. The van der Waals surface area contributed by atoms with E-state index in [1.165, 1.54) is 4.57 Å². The fraction of sp³-hybridized carbons (Fsp3) is 0.391. The van der Waals surface area contributed by atoms with Crippen LogP contribution in [0.3, 0.4) is 0 Å². The Morgan fingerprint density at radius 2 is 1.72 bits per heavy atom. The van der Waals surface area contributed by atoms with Gasteiger partial charge in [-0.2, -0.15) is 0 Å². The first-order chi connectivity index (χ1) is 15.4. The molecule has 3 saturated heterocycles. The van der Waals surface area contributed by atoms with E-state index in [4.69, 9.17) is 34.8 Å². The lowest BCUT2D eigenvalue weighted by Crippen LogP contribution is -2.63. The quantitative estimate of drug-likeness (QED) is 0.572. The van der Waals surface area contributed by atoms with Crippen LogP contribution in [0.15, 0.2) is 46.0 Å². The van der Waals surface area contributed by atoms with Gasteiger partial charge in [-0.15, -0.1) is 0 Å². The van der Waals surface area contributed by atoms with Crippen LogP contribution in [0.25, 0.3) is 10.9 Å². The van der Waals surface area contributed by atoms with Gasteiger partial charge in [-0.3, -0.25) is 14.3 Å². The first-order valence-corrected chi connectivity index (χ1v) is 11.9. The monoisotopic (exact) mass is 492 g/mol. The molecule has 2 unspecified atom stereocenters. The van der Waals surface area contributed by atoms with E-state index in [1.807, 2.05) is 18.2 Å². The first-order valence-electron chi connectivity index (χ1n) is 10.8. The zero-order valence-electron chi connectivity index (χ0n) is 17.4. The number of aromatic amines is 1.